The van der Waals surface area contributed by atoms with E-state index in [2.05, 4.69) is 142 Å². The number of hydrogen-bond donors (Lipinski definition) is 0. The highest BCUT2D eigenvalue weighted by atomic mass is 15.1. The van der Waals surface area contributed by atoms with Crippen LogP contribution in [0.2, 0.25) is 0 Å². The van der Waals surface area contributed by atoms with Crippen LogP contribution in [0.15, 0.2) is 120 Å². The summed E-state index contributed by atoms with van der Waals surface area (Å²) in [5.41, 5.74) is 10.4. The van der Waals surface area contributed by atoms with Gasteiger partial charge in [0.25, 0.3) is 0 Å². The Morgan fingerprint density at radius 2 is 1.51 bits per heavy atom. The van der Waals surface area contributed by atoms with Crippen molar-refractivity contribution < 1.29 is 0 Å². The Kier molecular flexibility index (Phi) is 8.21. The minimum absolute atomic E-state index is 0.500. The van der Waals surface area contributed by atoms with Gasteiger partial charge in [-0.1, -0.05) is 91.4 Å². The molecule has 3 aromatic rings. The Labute approximate surface area is 211 Å². The van der Waals surface area contributed by atoms with E-state index >= 15 is 0 Å². The van der Waals surface area contributed by atoms with Crippen LogP contribution in [0.25, 0.3) is 6.08 Å². The first-order valence-corrected chi connectivity index (χ1v) is 12.7. The molecule has 178 valence electrons. The summed E-state index contributed by atoms with van der Waals surface area (Å²) in [5, 5.41) is 0. The van der Waals surface area contributed by atoms with Gasteiger partial charge in [0.05, 0.1) is 0 Å². The number of anilines is 2. The van der Waals surface area contributed by atoms with Gasteiger partial charge in [-0.2, -0.15) is 0 Å². The first-order chi connectivity index (χ1) is 17.0. The second-order valence-electron chi connectivity index (χ2n) is 9.84. The van der Waals surface area contributed by atoms with E-state index in [1.54, 1.807) is 0 Å². The third kappa shape index (κ3) is 6.73. The molecule has 1 aliphatic carbocycles. The van der Waals surface area contributed by atoms with Crippen molar-refractivity contribution in [3.63, 3.8) is 0 Å². The molecule has 1 nitrogen and oxygen atoms in total. The quantitative estimate of drug-likeness (QED) is 0.324. The summed E-state index contributed by atoms with van der Waals surface area (Å²) >= 11 is 0. The van der Waals surface area contributed by atoms with E-state index in [-0.39, 0.29) is 0 Å². The van der Waals surface area contributed by atoms with E-state index in [1.165, 1.54) is 44.8 Å². The first-order valence-electron chi connectivity index (χ1n) is 12.7. The van der Waals surface area contributed by atoms with E-state index in [0.29, 0.717) is 5.92 Å². The molecule has 0 spiro atoms. The summed E-state index contributed by atoms with van der Waals surface area (Å²) in [6, 6.07) is 28.7. The fourth-order valence-electron chi connectivity index (χ4n) is 4.61. The zero-order valence-electron chi connectivity index (χ0n) is 21.5. The predicted octanol–water partition coefficient (Wildman–Crippen LogP) is 9.77. The van der Waals surface area contributed by atoms with Gasteiger partial charge in [0, 0.05) is 17.6 Å². The smallest absolute Gasteiger partial charge is 0.0455 e. The molecule has 0 amide bonds. The normalized spacial score (nSPS) is 14.3. The first kappa shape index (κ1) is 24.5. The zero-order valence-corrected chi connectivity index (χ0v) is 21.5. The summed E-state index contributed by atoms with van der Waals surface area (Å²) < 4.78 is 0. The minimum Gasteiger partial charge on any atom is -0.317 e. The van der Waals surface area contributed by atoms with E-state index in [0.717, 1.165) is 19.3 Å². The van der Waals surface area contributed by atoms with Gasteiger partial charge in [0.2, 0.25) is 0 Å². The molecule has 0 fully saturated rings. The molecule has 1 heteroatoms. The topological polar surface area (TPSA) is 3.24 Å². The standard InChI is InChI=1S/C34H37N/c1-26(2)25-35(33-19-15-29(16-20-33)23-27(3)31-11-7-5-8-12-31)34-21-17-30(18-22-34)24-28(4)32-13-9-6-10-14-32/h5-9,11-13,15-22,24-25,27H,10,14,23H2,1-4H3/b28-24-. The van der Waals surface area contributed by atoms with Crippen molar-refractivity contribution in [2.24, 2.45) is 0 Å². The van der Waals surface area contributed by atoms with Crippen molar-refractivity contribution >= 4 is 17.5 Å². The summed E-state index contributed by atoms with van der Waals surface area (Å²) in [4.78, 5) is 2.29. The van der Waals surface area contributed by atoms with Crippen LogP contribution >= 0.6 is 0 Å². The second-order valence-corrected chi connectivity index (χ2v) is 9.84. The van der Waals surface area contributed by atoms with E-state index in [1.807, 2.05) is 0 Å². The average Bonchev–Trinajstić information content (AvgIpc) is 2.89. The molecular weight excluding hydrogens is 422 g/mol. The van der Waals surface area contributed by atoms with Crippen LogP contribution in [-0.4, -0.2) is 0 Å². The number of allylic oxidation sites excluding steroid dienone is 6. The lowest BCUT2D eigenvalue weighted by molar-refractivity contribution is 0.759. The Morgan fingerprint density at radius 3 is 2.11 bits per heavy atom. The maximum atomic E-state index is 2.30. The Bertz CT molecular complexity index is 1220. The van der Waals surface area contributed by atoms with Gasteiger partial charge < -0.3 is 4.90 Å². The number of hydrogen-bond acceptors (Lipinski definition) is 1. The second kappa shape index (κ2) is 11.7. The molecule has 1 unspecified atom stereocenters. The molecule has 0 saturated carbocycles. The summed E-state index contributed by atoms with van der Waals surface area (Å²) in [7, 11) is 0. The number of nitrogens with zero attached hydrogens (tertiary/aromatic N) is 1. The van der Waals surface area contributed by atoms with Crippen molar-refractivity contribution in [3.8, 4) is 0 Å². The molecular formula is C34H37N. The van der Waals surface area contributed by atoms with Gasteiger partial charge in [-0.3, -0.25) is 0 Å². The Hall–Kier alpha value is -3.58. The van der Waals surface area contributed by atoms with Crippen molar-refractivity contribution in [3.05, 3.63) is 137 Å². The maximum absolute atomic E-state index is 2.30. The van der Waals surface area contributed by atoms with Crippen molar-refractivity contribution in [2.75, 3.05) is 4.90 Å². The van der Waals surface area contributed by atoms with Crippen LogP contribution < -0.4 is 4.90 Å². The molecule has 0 heterocycles. The van der Waals surface area contributed by atoms with Crippen molar-refractivity contribution in [1.29, 1.82) is 0 Å². The molecule has 0 aliphatic heterocycles. The molecule has 0 radical (unpaired) electrons. The van der Waals surface area contributed by atoms with Crippen LogP contribution in [0.4, 0.5) is 11.4 Å². The molecule has 0 saturated heterocycles. The molecule has 35 heavy (non-hydrogen) atoms. The molecule has 3 aromatic carbocycles. The number of benzene rings is 3. The molecule has 0 aromatic heterocycles. The molecule has 1 atom stereocenters. The molecule has 1 aliphatic rings. The predicted molar refractivity (Wildman–Crippen MR) is 153 cm³/mol. The lowest BCUT2D eigenvalue weighted by Gasteiger charge is -2.22. The summed E-state index contributed by atoms with van der Waals surface area (Å²) in [5.74, 6) is 0.500. The van der Waals surface area contributed by atoms with Crippen LogP contribution in [-0.2, 0) is 6.42 Å². The van der Waals surface area contributed by atoms with Crippen molar-refractivity contribution in [2.45, 2.75) is 52.9 Å². The van der Waals surface area contributed by atoms with Gasteiger partial charge in [-0.15, -0.1) is 0 Å². The highest BCUT2D eigenvalue weighted by Crippen LogP contribution is 2.30. The average molecular weight is 460 g/mol. The van der Waals surface area contributed by atoms with E-state index in [9.17, 15) is 0 Å². The zero-order chi connectivity index (χ0) is 24.6. The van der Waals surface area contributed by atoms with Crippen LogP contribution in [0.5, 0.6) is 0 Å². The largest absolute Gasteiger partial charge is 0.317 e. The van der Waals surface area contributed by atoms with Gasteiger partial charge >= 0.3 is 0 Å². The fourth-order valence-corrected chi connectivity index (χ4v) is 4.61. The SMILES string of the molecule is CC(C)=CN(c1ccc(/C=C(/C)C2=CC=CCC2)cc1)c1ccc(CC(C)c2ccccc2)cc1. The fraction of sp³-hybridized carbons (Fsp3) is 0.235. The summed E-state index contributed by atoms with van der Waals surface area (Å²) in [6.45, 7) is 8.82. The van der Waals surface area contributed by atoms with Crippen LogP contribution in [0.1, 0.15) is 63.1 Å². The molecule has 0 bridgehead atoms. The van der Waals surface area contributed by atoms with Gasteiger partial charge in [-0.05, 0) is 98.1 Å². The van der Waals surface area contributed by atoms with E-state index < -0.39 is 0 Å². The molecule has 0 N–H and O–H groups in total. The third-order valence-corrected chi connectivity index (χ3v) is 6.59. The Morgan fingerprint density at radius 1 is 0.857 bits per heavy atom. The van der Waals surface area contributed by atoms with Gasteiger partial charge in [-0.25, -0.2) is 0 Å². The highest BCUT2D eigenvalue weighted by Gasteiger charge is 2.10. The van der Waals surface area contributed by atoms with Crippen molar-refractivity contribution in [1.82, 2.24) is 0 Å². The van der Waals surface area contributed by atoms with Crippen LogP contribution in [0.3, 0.4) is 0 Å². The monoisotopic (exact) mass is 459 g/mol. The lowest BCUT2D eigenvalue weighted by Crippen LogP contribution is -2.09. The highest BCUT2D eigenvalue weighted by molar-refractivity contribution is 5.69. The molecule has 4 rings (SSSR count). The van der Waals surface area contributed by atoms with E-state index in [4.69, 9.17) is 0 Å². The third-order valence-electron chi connectivity index (χ3n) is 6.59. The Balaban J connectivity index is 1.51. The van der Waals surface area contributed by atoms with Gasteiger partial charge in [0.1, 0.15) is 0 Å². The minimum atomic E-state index is 0.500. The maximum Gasteiger partial charge on any atom is 0.0455 e. The van der Waals surface area contributed by atoms with Gasteiger partial charge in [0.15, 0.2) is 0 Å². The lowest BCUT2D eigenvalue weighted by atomic mass is 9.94. The van der Waals surface area contributed by atoms with Crippen LogP contribution in [0, 0.1) is 0 Å². The summed E-state index contributed by atoms with van der Waals surface area (Å²) in [6.07, 6.45) is 14.5. The number of rotatable bonds is 8.